The molecule has 0 spiro atoms. The summed E-state index contributed by atoms with van der Waals surface area (Å²) in [6.45, 7) is 3.76. The molecule has 0 amide bonds. The Morgan fingerprint density at radius 2 is 2.11 bits per heavy atom. The number of aromatic carboxylic acids is 1. The standard InChI is InChI=1S/C14H20FNO2/c1-3-4-5-8-16(2)10-11-6-7-13(15)12(9-11)14(17)18/h6-7,9H,3-5,8,10H2,1-2H3,(H,17,18). The summed E-state index contributed by atoms with van der Waals surface area (Å²) in [5.41, 5.74) is 0.572. The van der Waals surface area contributed by atoms with Gasteiger partial charge in [-0.05, 0) is 37.7 Å². The van der Waals surface area contributed by atoms with Crippen LogP contribution in [-0.2, 0) is 6.54 Å². The molecule has 3 nitrogen and oxygen atoms in total. The first-order valence-corrected chi connectivity index (χ1v) is 6.25. The molecule has 0 unspecified atom stereocenters. The second-order valence-corrected chi connectivity index (χ2v) is 4.56. The summed E-state index contributed by atoms with van der Waals surface area (Å²) in [7, 11) is 1.99. The van der Waals surface area contributed by atoms with Crippen LogP contribution in [0.5, 0.6) is 0 Å². The largest absolute Gasteiger partial charge is 0.478 e. The van der Waals surface area contributed by atoms with E-state index < -0.39 is 11.8 Å². The maximum atomic E-state index is 13.2. The minimum absolute atomic E-state index is 0.255. The predicted molar refractivity (Wildman–Crippen MR) is 69.2 cm³/mol. The molecule has 0 aliphatic heterocycles. The lowest BCUT2D eigenvalue weighted by Crippen LogP contribution is -2.19. The van der Waals surface area contributed by atoms with Gasteiger partial charge in [0.2, 0.25) is 0 Å². The van der Waals surface area contributed by atoms with Crippen LogP contribution in [0.15, 0.2) is 18.2 Å². The first-order valence-electron chi connectivity index (χ1n) is 6.25. The van der Waals surface area contributed by atoms with Crippen molar-refractivity contribution in [2.45, 2.75) is 32.7 Å². The van der Waals surface area contributed by atoms with Gasteiger partial charge < -0.3 is 10.0 Å². The number of hydrogen-bond acceptors (Lipinski definition) is 2. The van der Waals surface area contributed by atoms with E-state index in [0.29, 0.717) is 6.54 Å². The molecule has 100 valence electrons. The van der Waals surface area contributed by atoms with Crippen LogP contribution < -0.4 is 0 Å². The summed E-state index contributed by atoms with van der Waals surface area (Å²) >= 11 is 0. The summed E-state index contributed by atoms with van der Waals surface area (Å²) in [5.74, 6) is -1.90. The van der Waals surface area contributed by atoms with Gasteiger partial charge in [-0.2, -0.15) is 0 Å². The van der Waals surface area contributed by atoms with E-state index in [1.54, 1.807) is 6.07 Å². The normalized spacial score (nSPS) is 10.9. The second kappa shape index (κ2) is 7.11. The lowest BCUT2D eigenvalue weighted by atomic mass is 10.1. The van der Waals surface area contributed by atoms with E-state index in [0.717, 1.165) is 18.5 Å². The molecule has 1 rings (SSSR count). The highest BCUT2D eigenvalue weighted by molar-refractivity contribution is 5.88. The van der Waals surface area contributed by atoms with Gasteiger partial charge in [-0.3, -0.25) is 0 Å². The molecule has 4 heteroatoms. The third kappa shape index (κ3) is 4.45. The van der Waals surface area contributed by atoms with Gasteiger partial charge in [-0.1, -0.05) is 25.8 Å². The fourth-order valence-electron chi connectivity index (χ4n) is 1.86. The minimum Gasteiger partial charge on any atom is -0.478 e. The third-order valence-electron chi connectivity index (χ3n) is 2.86. The zero-order valence-corrected chi connectivity index (χ0v) is 10.9. The molecule has 18 heavy (non-hydrogen) atoms. The van der Waals surface area contributed by atoms with E-state index >= 15 is 0 Å². The number of carbonyl (C=O) groups is 1. The lowest BCUT2D eigenvalue weighted by Gasteiger charge is -2.16. The van der Waals surface area contributed by atoms with E-state index in [1.807, 2.05) is 7.05 Å². The number of benzene rings is 1. The zero-order chi connectivity index (χ0) is 13.5. The number of unbranched alkanes of at least 4 members (excludes halogenated alkanes) is 2. The number of halogens is 1. The van der Waals surface area contributed by atoms with E-state index in [2.05, 4.69) is 11.8 Å². The van der Waals surface area contributed by atoms with Gasteiger partial charge in [-0.15, -0.1) is 0 Å². The Hall–Kier alpha value is -1.42. The molecule has 0 atom stereocenters. The van der Waals surface area contributed by atoms with Crippen LogP contribution in [0, 0.1) is 5.82 Å². The maximum absolute atomic E-state index is 13.2. The fourth-order valence-corrected chi connectivity index (χ4v) is 1.86. The number of carboxylic acid groups (broad SMARTS) is 1. The molecule has 0 saturated heterocycles. The van der Waals surface area contributed by atoms with Crippen molar-refractivity contribution < 1.29 is 14.3 Å². The zero-order valence-electron chi connectivity index (χ0n) is 10.9. The molecular formula is C14H20FNO2. The van der Waals surface area contributed by atoms with Gasteiger partial charge in [-0.25, -0.2) is 9.18 Å². The van der Waals surface area contributed by atoms with Gasteiger partial charge in [0.15, 0.2) is 0 Å². The predicted octanol–water partition coefficient (Wildman–Crippen LogP) is 3.15. The van der Waals surface area contributed by atoms with Crippen LogP contribution in [0.3, 0.4) is 0 Å². The number of rotatable bonds is 7. The topological polar surface area (TPSA) is 40.5 Å². The van der Waals surface area contributed by atoms with Gasteiger partial charge in [0.1, 0.15) is 5.82 Å². The van der Waals surface area contributed by atoms with Crippen molar-refractivity contribution in [2.24, 2.45) is 0 Å². The Kier molecular flexibility index (Phi) is 5.78. The van der Waals surface area contributed by atoms with Crippen LogP contribution in [-0.4, -0.2) is 29.6 Å². The van der Waals surface area contributed by atoms with Gasteiger partial charge in [0.25, 0.3) is 0 Å². The van der Waals surface area contributed by atoms with Crippen molar-refractivity contribution in [1.29, 1.82) is 0 Å². The molecule has 0 fully saturated rings. The van der Waals surface area contributed by atoms with E-state index in [9.17, 15) is 9.18 Å². The molecule has 0 aliphatic rings. The van der Waals surface area contributed by atoms with E-state index in [1.165, 1.54) is 25.0 Å². The molecule has 0 aliphatic carbocycles. The van der Waals surface area contributed by atoms with Gasteiger partial charge in [0, 0.05) is 6.54 Å². The molecule has 0 heterocycles. The van der Waals surface area contributed by atoms with E-state index in [-0.39, 0.29) is 5.56 Å². The average molecular weight is 253 g/mol. The Morgan fingerprint density at radius 1 is 1.39 bits per heavy atom. The summed E-state index contributed by atoms with van der Waals surface area (Å²) in [6.07, 6.45) is 3.49. The summed E-state index contributed by atoms with van der Waals surface area (Å²) in [5, 5.41) is 8.84. The first kappa shape index (κ1) is 14.6. The minimum atomic E-state index is -1.22. The van der Waals surface area contributed by atoms with Crippen LogP contribution in [0.2, 0.25) is 0 Å². The molecular weight excluding hydrogens is 233 g/mol. The lowest BCUT2D eigenvalue weighted by molar-refractivity contribution is 0.0691. The van der Waals surface area contributed by atoms with Gasteiger partial charge >= 0.3 is 5.97 Å². The SMILES string of the molecule is CCCCCN(C)Cc1ccc(F)c(C(=O)O)c1. The molecule has 1 N–H and O–H groups in total. The second-order valence-electron chi connectivity index (χ2n) is 4.56. The van der Waals surface area contributed by atoms with Crippen molar-refractivity contribution in [3.05, 3.63) is 35.1 Å². The molecule has 0 radical (unpaired) electrons. The average Bonchev–Trinajstić information content (AvgIpc) is 2.31. The van der Waals surface area contributed by atoms with Crippen LogP contribution >= 0.6 is 0 Å². The molecule has 0 saturated carbocycles. The highest BCUT2D eigenvalue weighted by Gasteiger charge is 2.11. The van der Waals surface area contributed by atoms with Crippen molar-refractivity contribution >= 4 is 5.97 Å². The highest BCUT2D eigenvalue weighted by Crippen LogP contribution is 2.12. The number of carboxylic acids is 1. The fraction of sp³-hybridized carbons (Fsp3) is 0.500. The van der Waals surface area contributed by atoms with E-state index in [4.69, 9.17) is 5.11 Å². The molecule has 0 aromatic heterocycles. The molecule has 1 aromatic rings. The summed E-state index contributed by atoms with van der Waals surface area (Å²) in [4.78, 5) is 12.9. The number of nitrogens with zero attached hydrogens (tertiary/aromatic N) is 1. The van der Waals surface area contributed by atoms with Crippen molar-refractivity contribution in [3.8, 4) is 0 Å². The highest BCUT2D eigenvalue weighted by atomic mass is 19.1. The van der Waals surface area contributed by atoms with Crippen molar-refractivity contribution in [1.82, 2.24) is 4.90 Å². The monoisotopic (exact) mass is 253 g/mol. The smallest absolute Gasteiger partial charge is 0.338 e. The number of hydrogen-bond donors (Lipinski definition) is 1. The molecule has 0 bridgehead atoms. The van der Waals surface area contributed by atoms with Gasteiger partial charge in [0.05, 0.1) is 5.56 Å². The molecule has 1 aromatic carbocycles. The summed E-state index contributed by atoms with van der Waals surface area (Å²) < 4.78 is 13.2. The van der Waals surface area contributed by atoms with Crippen LogP contribution in [0.4, 0.5) is 4.39 Å². The third-order valence-corrected chi connectivity index (χ3v) is 2.86. The Bertz CT molecular complexity index is 407. The Balaban J connectivity index is 2.62. The van der Waals surface area contributed by atoms with Crippen molar-refractivity contribution in [3.63, 3.8) is 0 Å². The first-order chi connectivity index (χ1) is 8.54. The quantitative estimate of drug-likeness (QED) is 0.759. The Morgan fingerprint density at radius 3 is 2.72 bits per heavy atom. The van der Waals surface area contributed by atoms with Crippen molar-refractivity contribution in [2.75, 3.05) is 13.6 Å². The summed E-state index contributed by atoms with van der Waals surface area (Å²) in [6, 6.07) is 4.27. The van der Waals surface area contributed by atoms with Crippen LogP contribution in [0.25, 0.3) is 0 Å². The Labute approximate surface area is 107 Å². The maximum Gasteiger partial charge on any atom is 0.338 e. The van der Waals surface area contributed by atoms with Crippen LogP contribution in [0.1, 0.15) is 42.1 Å².